The van der Waals surface area contributed by atoms with Gasteiger partial charge in [0.05, 0.1) is 23.7 Å². The van der Waals surface area contributed by atoms with Crippen molar-refractivity contribution >= 4 is 16.7 Å². The minimum Gasteiger partial charge on any atom is -0.350 e. The molecule has 0 unspecified atom stereocenters. The lowest BCUT2D eigenvalue weighted by molar-refractivity contribution is -0.121. The molecule has 0 bridgehead atoms. The maximum absolute atomic E-state index is 12.9. The van der Waals surface area contributed by atoms with Gasteiger partial charge in [0, 0.05) is 11.8 Å². The van der Waals surface area contributed by atoms with Crippen molar-refractivity contribution in [2.45, 2.75) is 83.2 Å². The Balaban J connectivity index is 1.47. The Morgan fingerprint density at radius 2 is 1.68 bits per heavy atom. The zero-order valence-corrected chi connectivity index (χ0v) is 16.7. The van der Waals surface area contributed by atoms with E-state index in [2.05, 4.69) is 5.32 Å². The monoisotopic (exact) mass is 381 g/mol. The van der Waals surface area contributed by atoms with Gasteiger partial charge in [-0.15, -0.1) is 0 Å². The summed E-state index contributed by atoms with van der Waals surface area (Å²) in [6, 6.07) is 7.83. The van der Waals surface area contributed by atoms with Crippen LogP contribution in [0.5, 0.6) is 0 Å². The highest BCUT2D eigenvalue weighted by Gasteiger charge is 2.21. The zero-order valence-electron chi connectivity index (χ0n) is 16.7. The summed E-state index contributed by atoms with van der Waals surface area (Å²) >= 11 is 0. The van der Waals surface area contributed by atoms with Crippen molar-refractivity contribution < 1.29 is 4.79 Å². The normalized spacial score (nSPS) is 18.6. The highest BCUT2D eigenvalue weighted by molar-refractivity contribution is 5.84. The molecule has 4 rings (SSSR count). The van der Waals surface area contributed by atoms with Gasteiger partial charge >= 0.3 is 0 Å². The first kappa shape index (κ1) is 19.2. The first-order valence-electron chi connectivity index (χ1n) is 11.0. The second kappa shape index (κ2) is 8.89. The lowest BCUT2D eigenvalue weighted by Crippen LogP contribution is -2.30. The number of amides is 1. The van der Waals surface area contributed by atoms with Gasteiger partial charge in [0.25, 0.3) is 5.56 Å². The molecule has 5 nitrogen and oxygen atoms in total. The number of aromatic nitrogens is 2. The first-order chi connectivity index (χ1) is 13.7. The predicted octanol–water partition coefficient (Wildman–Crippen LogP) is 4.49. The van der Waals surface area contributed by atoms with Gasteiger partial charge in [-0.3, -0.25) is 9.59 Å². The molecule has 0 radical (unpaired) electrons. The van der Waals surface area contributed by atoms with Crippen LogP contribution in [0, 0.1) is 5.92 Å². The number of benzene rings is 1. The van der Waals surface area contributed by atoms with Crippen LogP contribution in [0.1, 0.15) is 82.4 Å². The number of nitrogens with zero attached hydrogens (tertiary/aromatic N) is 2. The summed E-state index contributed by atoms with van der Waals surface area (Å²) in [5.74, 6) is 0.804. The molecule has 1 heterocycles. The molecule has 28 heavy (non-hydrogen) atoms. The molecule has 2 fully saturated rings. The topological polar surface area (TPSA) is 64.0 Å². The van der Waals surface area contributed by atoms with E-state index in [0.29, 0.717) is 24.3 Å². The van der Waals surface area contributed by atoms with Crippen molar-refractivity contribution in [2.75, 3.05) is 0 Å². The second-order valence-electron chi connectivity index (χ2n) is 8.50. The van der Waals surface area contributed by atoms with Crippen LogP contribution in [0.4, 0.5) is 0 Å². The van der Waals surface area contributed by atoms with E-state index >= 15 is 0 Å². The van der Waals surface area contributed by atoms with E-state index in [-0.39, 0.29) is 17.5 Å². The molecular weight excluding hydrogens is 350 g/mol. The molecule has 1 aromatic carbocycles. The summed E-state index contributed by atoms with van der Waals surface area (Å²) in [6.07, 6.45) is 12.4. The van der Waals surface area contributed by atoms with Gasteiger partial charge in [-0.1, -0.05) is 63.1 Å². The molecule has 5 heteroatoms. The Kier molecular flexibility index (Phi) is 6.08. The molecule has 0 aliphatic heterocycles. The number of rotatable bonds is 6. The maximum atomic E-state index is 12.9. The Labute approximate surface area is 166 Å². The third-order valence-electron chi connectivity index (χ3n) is 6.53. The van der Waals surface area contributed by atoms with Gasteiger partial charge in [-0.05, 0) is 31.2 Å². The SMILES string of the molecule is O=C(CCC1CCCCC1)NCc1nn(C2CCCC2)c(=O)c2ccccc12. The molecule has 2 aliphatic rings. The lowest BCUT2D eigenvalue weighted by atomic mass is 9.86. The van der Waals surface area contributed by atoms with Crippen LogP contribution in [0.3, 0.4) is 0 Å². The number of carbonyl (C=O) groups excluding carboxylic acids is 1. The van der Waals surface area contributed by atoms with Crippen LogP contribution in [0.15, 0.2) is 29.1 Å². The van der Waals surface area contributed by atoms with Crippen molar-refractivity contribution in [1.29, 1.82) is 0 Å². The fourth-order valence-corrected chi connectivity index (χ4v) is 4.88. The van der Waals surface area contributed by atoms with Crippen LogP contribution in [-0.4, -0.2) is 15.7 Å². The lowest BCUT2D eigenvalue weighted by Gasteiger charge is -2.21. The van der Waals surface area contributed by atoms with Gasteiger partial charge in [-0.2, -0.15) is 5.10 Å². The van der Waals surface area contributed by atoms with Gasteiger partial charge < -0.3 is 5.32 Å². The Morgan fingerprint density at radius 3 is 2.43 bits per heavy atom. The van der Waals surface area contributed by atoms with Crippen LogP contribution in [-0.2, 0) is 11.3 Å². The Bertz CT molecular complexity index is 877. The quantitative estimate of drug-likeness (QED) is 0.802. The average Bonchev–Trinajstić information content (AvgIpc) is 3.27. The molecule has 0 saturated heterocycles. The molecule has 2 aliphatic carbocycles. The van der Waals surface area contributed by atoms with Crippen LogP contribution < -0.4 is 10.9 Å². The standard InChI is InChI=1S/C23H31N3O2/c27-22(15-14-17-8-2-1-3-9-17)24-16-21-19-12-6-7-13-20(19)23(28)26(25-21)18-10-4-5-11-18/h6-7,12-13,17-18H,1-5,8-11,14-16H2,(H,24,27). The summed E-state index contributed by atoms with van der Waals surface area (Å²) in [5, 5.41) is 9.31. The highest BCUT2D eigenvalue weighted by atomic mass is 16.1. The van der Waals surface area contributed by atoms with E-state index < -0.39 is 0 Å². The molecule has 1 amide bonds. The third-order valence-corrected chi connectivity index (χ3v) is 6.53. The van der Waals surface area contributed by atoms with Gasteiger partial charge in [0.15, 0.2) is 0 Å². The van der Waals surface area contributed by atoms with Crippen LogP contribution in [0.25, 0.3) is 10.8 Å². The molecule has 1 N–H and O–H groups in total. The third kappa shape index (κ3) is 4.29. The fourth-order valence-electron chi connectivity index (χ4n) is 4.88. The Morgan fingerprint density at radius 1 is 1.00 bits per heavy atom. The van der Waals surface area contributed by atoms with E-state index in [1.807, 2.05) is 24.3 Å². The van der Waals surface area contributed by atoms with Crippen LogP contribution in [0.2, 0.25) is 0 Å². The molecule has 0 atom stereocenters. The molecule has 0 spiro atoms. The van der Waals surface area contributed by atoms with Crippen molar-refractivity contribution in [2.24, 2.45) is 5.92 Å². The summed E-state index contributed by atoms with van der Waals surface area (Å²) in [7, 11) is 0. The molecular formula is C23H31N3O2. The van der Waals surface area contributed by atoms with E-state index in [1.165, 1.54) is 32.1 Å². The van der Waals surface area contributed by atoms with Gasteiger partial charge in [0.1, 0.15) is 0 Å². The van der Waals surface area contributed by atoms with E-state index in [9.17, 15) is 9.59 Å². The van der Waals surface area contributed by atoms with E-state index in [4.69, 9.17) is 5.10 Å². The second-order valence-corrected chi connectivity index (χ2v) is 8.50. The van der Waals surface area contributed by atoms with E-state index in [0.717, 1.165) is 43.2 Å². The van der Waals surface area contributed by atoms with E-state index in [1.54, 1.807) is 4.68 Å². The molecule has 2 aromatic rings. The molecule has 1 aromatic heterocycles. The summed E-state index contributed by atoms with van der Waals surface area (Å²) in [6.45, 7) is 0.386. The van der Waals surface area contributed by atoms with Gasteiger partial charge in [-0.25, -0.2) is 4.68 Å². The largest absolute Gasteiger partial charge is 0.350 e. The number of carbonyl (C=O) groups is 1. The summed E-state index contributed by atoms with van der Waals surface area (Å²) < 4.78 is 1.68. The summed E-state index contributed by atoms with van der Waals surface area (Å²) in [4.78, 5) is 25.3. The number of hydrogen-bond acceptors (Lipinski definition) is 3. The number of fused-ring (bicyclic) bond motifs is 1. The molecule has 2 saturated carbocycles. The Hall–Kier alpha value is -2.17. The summed E-state index contributed by atoms with van der Waals surface area (Å²) in [5.41, 5.74) is 0.794. The smallest absolute Gasteiger partial charge is 0.274 e. The van der Waals surface area contributed by atoms with Crippen molar-refractivity contribution in [3.8, 4) is 0 Å². The molecule has 150 valence electrons. The van der Waals surface area contributed by atoms with Gasteiger partial charge in [0.2, 0.25) is 5.91 Å². The number of hydrogen-bond donors (Lipinski definition) is 1. The van der Waals surface area contributed by atoms with Crippen LogP contribution >= 0.6 is 0 Å². The van der Waals surface area contributed by atoms with Crippen molar-refractivity contribution in [3.05, 3.63) is 40.3 Å². The maximum Gasteiger partial charge on any atom is 0.274 e. The highest BCUT2D eigenvalue weighted by Crippen LogP contribution is 2.29. The minimum atomic E-state index is -0.00475. The first-order valence-corrected chi connectivity index (χ1v) is 11.0. The van der Waals surface area contributed by atoms with Crippen molar-refractivity contribution in [1.82, 2.24) is 15.1 Å². The minimum absolute atomic E-state index is 0.00475. The number of nitrogens with one attached hydrogen (secondary N) is 1. The fraction of sp³-hybridized carbons (Fsp3) is 0.609. The van der Waals surface area contributed by atoms with Crippen molar-refractivity contribution in [3.63, 3.8) is 0 Å². The zero-order chi connectivity index (χ0) is 19.3. The average molecular weight is 382 g/mol. The predicted molar refractivity (Wildman–Crippen MR) is 111 cm³/mol.